The topological polar surface area (TPSA) is 26.0 Å². The summed E-state index contributed by atoms with van der Waals surface area (Å²) in [6, 6.07) is 8.66. The van der Waals surface area contributed by atoms with Gasteiger partial charge in [0.05, 0.1) is 0 Å². The van der Waals surface area contributed by atoms with Gasteiger partial charge in [-0.1, -0.05) is 18.2 Å². The second-order valence-electron chi connectivity index (χ2n) is 3.93. The van der Waals surface area contributed by atoms with Gasteiger partial charge >= 0.3 is 0 Å². The van der Waals surface area contributed by atoms with Crippen LogP contribution in [0.3, 0.4) is 0 Å². The molecule has 16 heavy (non-hydrogen) atoms. The van der Waals surface area contributed by atoms with Crippen LogP contribution < -0.4 is 5.73 Å². The molecule has 1 rings (SSSR count). The van der Waals surface area contributed by atoms with E-state index in [9.17, 15) is 0 Å². The van der Waals surface area contributed by atoms with Crippen LogP contribution in [-0.4, -0.2) is 11.8 Å². The maximum atomic E-state index is 6.02. The lowest BCUT2D eigenvalue weighted by Crippen LogP contribution is -2.22. The van der Waals surface area contributed by atoms with Crippen molar-refractivity contribution >= 4 is 11.8 Å². The molecule has 86 valence electrons. The van der Waals surface area contributed by atoms with E-state index in [-0.39, 0.29) is 6.04 Å². The summed E-state index contributed by atoms with van der Waals surface area (Å²) in [6.45, 7) is 2.13. The molecule has 0 aliphatic carbocycles. The van der Waals surface area contributed by atoms with Crippen molar-refractivity contribution < 1.29 is 0 Å². The Labute approximate surface area is 103 Å². The molecule has 1 unspecified atom stereocenters. The zero-order valence-corrected chi connectivity index (χ0v) is 10.6. The summed E-state index contributed by atoms with van der Waals surface area (Å²) in [6.07, 6.45) is 8.09. The normalized spacial score (nSPS) is 12.1. The first-order chi connectivity index (χ1) is 7.74. The molecule has 0 aliphatic rings. The molecule has 0 aromatic heterocycles. The van der Waals surface area contributed by atoms with Crippen LogP contribution in [-0.2, 0) is 0 Å². The molecule has 1 aromatic rings. The molecule has 0 heterocycles. The van der Waals surface area contributed by atoms with Gasteiger partial charge in [0.2, 0.25) is 0 Å². The van der Waals surface area contributed by atoms with Crippen LogP contribution in [0.15, 0.2) is 29.2 Å². The lowest BCUT2D eigenvalue weighted by atomic mass is 10.1. The minimum Gasteiger partial charge on any atom is -0.327 e. The van der Waals surface area contributed by atoms with Crippen molar-refractivity contribution in [3.8, 4) is 12.3 Å². The number of nitrogens with two attached hydrogens (primary N) is 1. The highest BCUT2D eigenvalue weighted by Crippen LogP contribution is 2.22. The summed E-state index contributed by atoms with van der Waals surface area (Å²) in [5.41, 5.74) is 7.35. The Morgan fingerprint density at radius 3 is 2.88 bits per heavy atom. The molecule has 0 saturated heterocycles. The number of rotatable bonds is 6. The van der Waals surface area contributed by atoms with E-state index in [1.54, 1.807) is 0 Å². The van der Waals surface area contributed by atoms with E-state index in [1.807, 2.05) is 11.8 Å². The Hall–Kier alpha value is -0.910. The lowest BCUT2D eigenvalue weighted by Gasteiger charge is -2.11. The number of terminal acetylenes is 1. The van der Waals surface area contributed by atoms with Gasteiger partial charge in [0.1, 0.15) is 0 Å². The highest BCUT2D eigenvalue weighted by atomic mass is 32.2. The third kappa shape index (κ3) is 4.74. The fourth-order valence-corrected chi connectivity index (χ4v) is 2.50. The van der Waals surface area contributed by atoms with Crippen molar-refractivity contribution in [2.45, 2.75) is 37.1 Å². The molecule has 2 heteroatoms. The van der Waals surface area contributed by atoms with Gasteiger partial charge in [-0.05, 0) is 31.4 Å². The fraction of sp³-hybridized carbons (Fsp3) is 0.429. The molecule has 0 aliphatic heterocycles. The molecule has 0 fully saturated rings. The van der Waals surface area contributed by atoms with Crippen LogP contribution in [0, 0.1) is 19.3 Å². The Kier molecular flexibility index (Phi) is 6.07. The highest BCUT2D eigenvalue weighted by molar-refractivity contribution is 7.99. The predicted molar refractivity (Wildman–Crippen MR) is 72.6 cm³/mol. The molecule has 0 bridgehead atoms. The molecule has 2 N–H and O–H groups in total. The second kappa shape index (κ2) is 7.38. The first-order valence-corrected chi connectivity index (χ1v) is 6.60. The average molecular weight is 233 g/mol. The molecule has 0 saturated carbocycles. The smallest absolute Gasteiger partial charge is 0.0134 e. The van der Waals surface area contributed by atoms with Gasteiger partial charge < -0.3 is 5.73 Å². The van der Waals surface area contributed by atoms with E-state index >= 15 is 0 Å². The van der Waals surface area contributed by atoms with Crippen LogP contribution in [0.4, 0.5) is 0 Å². The maximum absolute atomic E-state index is 6.02. The summed E-state index contributed by atoms with van der Waals surface area (Å²) in [5.74, 6) is 3.61. The second-order valence-corrected chi connectivity index (χ2v) is 4.99. The van der Waals surface area contributed by atoms with Crippen molar-refractivity contribution in [1.29, 1.82) is 0 Å². The number of hydrogen-bond acceptors (Lipinski definition) is 2. The summed E-state index contributed by atoms with van der Waals surface area (Å²) < 4.78 is 0. The van der Waals surface area contributed by atoms with Gasteiger partial charge in [-0.15, -0.1) is 24.1 Å². The van der Waals surface area contributed by atoms with Crippen LogP contribution >= 0.6 is 11.8 Å². The Morgan fingerprint density at radius 1 is 1.44 bits per heavy atom. The third-order valence-corrected chi connectivity index (χ3v) is 3.81. The van der Waals surface area contributed by atoms with Gasteiger partial charge in [0, 0.05) is 23.1 Å². The van der Waals surface area contributed by atoms with E-state index in [0.29, 0.717) is 0 Å². The van der Waals surface area contributed by atoms with Crippen LogP contribution in [0.1, 0.15) is 24.8 Å². The predicted octanol–water partition coefficient (Wildman–Crippen LogP) is 3.22. The van der Waals surface area contributed by atoms with E-state index in [2.05, 4.69) is 37.1 Å². The lowest BCUT2D eigenvalue weighted by molar-refractivity contribution is 0.641. The molecule has 1 nitrogen and oxygen atoms in total. The molecule has 0 spiro atoms. The van der Waals surface area contributed by atoms with Gasteiger partial charge in [0.15, 0.2) is 0 Å². The number of benzene rings is 1. The number of thioether (sulfide) groups is 1. The van der Waals surface area contributed by atoms with Gasteiger partial charge in [-0.2, -0.15) is 0 Å². The van der Waals surface area contributed by atoms with Crippen molar-refractivity contribution in [2.24, 2.45) is 5.73 Å². The zero-order chi connectivity index (χ0) is 11.8. The summed E-state index contributed by atoms with van der Waals surface area (Å²) in [7, 11) is 0. The van der Waals surface area contributed by atoms with Crippen molar-refractivity contribution in [3.05, 3.63) is 29.8 Å². The van der Waals surface area contributed by atoms with Gasteiger partial charge in [0.25, 0.3) is 0 Å². The minimum atomic E-state index is 0.248. The van der Waals surface area contributed by atoms with E-state index in [1.165, 1.54) is 10.5 Å². The standard InChI is InChI=1S/C14H19NS/c1-3-4-5-9-13(15)11-16-14-10-7-6-8-12(14)2/h1,6-8,10,13H,4-5,9,11,15H2,2H3. The number of unbranched alkanes of at least 4 members (excludes halogenated alkanes) is 1. The van der Waals surface area contributed by atoms with Crippen molar-refractivity contribution in [3.63, 3.8) is 0 Å². The van der Waals surface area contributed by atoms with Crippen molar-refractivity contribution in [1.82, 2.24) is 0 Å². The SMILES string of the molecule is C#CCCCC(N)CSc1ccccc1C. The summed E-state index contributed by atoms with van der Waals surface area (Å²) in [5, 5.41) is 0. The van der Waals surface area contributed by atoms with E-state index < -0.39 is 0 Å². The van der Waals surface area contributed by atoms with Gasteiger partial charge in [-0.25, -0.2) is 0 Å². The summed E-state index contributed by atoms with van der Waals surface area (Å²) in [4.78, 5) is 1.33. The fourth-order valence-electron chi connectivity index (χ4n) is 1.46. The van der Waals surface area contributed by atoms with Crippen LogP contribution in [0.2, 0.25) is 0 Å². The summed E-state index contributed by atoms with van der Waals surface area (Å²) >= 11 is 1.84. The first-order valence-electron chi connectivity index (χ1n) is 5.61. The highest BCUT2D eigenvalue weighted by Gasteiger charge is 2.04. The monoisotopic (exact) mass is 233 g/mol. The molecule has 1 aromatic carbocycles. The number of hydrogen-bond donors (Lipinski definition) is 1. The molecular formula is C14H19NS. The molecule has 0 radical (unpaired) electrons. The molecular weight excluding hydrogens is 214 g/mol. The Morgan fingerprint density at radius 2 is 2.19 bits per heavy atom. The van der Waals surface area contributed by atoms with Crippen molar-refractivity contribution in [2.75, 3.05) is 5.75 Å². The minimum absolute atomic E-state index is 0.248. The largest absolute Gasteiger partial charge is 0.327 e. The Balaban J connectivity index is 2.29. The zero-order valence-electron chi connectivity index (χ0n) is 9.78. The maximum Gasteiger partial charge on any atom is 0.0134 e. The van der Waals surface area contributed by atoms with Crippen LogP contribution in [0.5, 0.6) is 0 Å². The third-order valence-electron chi connectivity index (χ3n) is 2.44. The quantitative estimate of drug-likeness (QED) is 0.464. The number of aryl methyl sites for hydroxylation is 1. The Bertz CT molecular complexity index is 354. The molecule has 0 amide bonds. The first kappa shape index (κ1) is 13.2. The van der Waals surface area contributed by atoms with E-state index in [4.69, 9.17) is 12.2 Å². The van der Waals surface area contributed by atoms with E-state index in [0.717, 1.165) is 25.0 Å². The average Bonchev–Trinajstić information content (AvgIpc) is 2.28. The molecule has 1 atom stereocenters. The van der Waals surface area contributed by atoms with Gasteiger partial charge in [-0.3, -0.25) is 0 Å². The van der Waals surface area contributed by atoms with Crippen LogP contribution in [0.25, 0.3) is 0 Å².